The zero-order valence-corrected chi connectivity index (χ0v) is 14.6. The lowest BCUT2D eigenvalue weighted by Crippen LogP contribution is -2.22. The monoisotopic (exact) mass is 363 g/mol. The van der Waals surface area contributed by atoms with Gasteiger partial charge in [0.05, 0.1) is 18.5 Å². The molecule has 27 heavy (non-hydrogen) atoms. The third kappa shape index (κ3) is 3.50. The maximum absolute atomic E-state index is 11.9. The van der Waals surface area contributed by atoms with E-state index in [1.54, 1.807) is 18.3 Å². The molecule has 0 radical (unpaired) electrons. The van der Waals surface area contributed by atoms with Crippen molar-refractivity contribution in [2.24, 2.45) is 0 Å². The minimum Gasteiger partial charge on any atom is -0.459 e. The van der Waals surface area contributed by atoms with Gasteiger partial charge in [0.2, 0.25) is 11.7 Å². The predicted octanol–water partition coefficient (Wildman–Crippen LogP) is 3.14. The summed E-state index contributed by atoms with van der Waals surface area (Å²) in [5, 5.41) is 11.0. The highest BCUT2D eigenvalue weighted by Crippen LogP contribution is 2.24. The van der Waals surface area contributed by atoms with Gasteiger partial charge in [-0.2, -0.15) is 10.1 Å². The van der Waals surface area contributed by atoms with Gasteiger partial charge in [0.15, 0.2) is 5.76 Å². The molecule has 0 aliphatic carbocycles. The standard InChI is InChI=1S/C19H17N5O3/c1-2-24-15(8-9-21-24)13-5-3-6-14(11-13)18-22-17(27-23-18)12-20-19(25)16-7-4-10-26-16/h3-11H,2,12H2,1H3,(H,20,25). The Balaban J connectivity index is 1.50. The molecule has 0 unspecified atom stereocenters. The molecule has 0 bridgehead atoms. The van der Waals surface area contributed by atoms with Gasteiger partial charge in [-0.05, 0) is 31.2 Å². The summed E-state index contributed by atoms with van der Waals surface area (Å²) in [6, 6.07) is 13.0. The summed E-state index contributed by atoms with van der Waals surface area (Å²) in [7, 11) is 0. The van der Waals surface area contributed by atoms with Gasteiger partial charge in [-0.1, -0.05) is 23.4 Å². The van der Waals surface area contributed by atoms with Crippen molar-refractivity contribution in [3.05, 3.63) is 66.6 Å². The van der Waals surface area contributed by atoms with Crippen molar-refractivity contribution in [1.29, 1.82) is 0 Å². The van der Waals surface area contributed by atoms with E-state index in [-0.39, 0.29) is 18.2 Å². The topological polar surface area (TPSA) is 99.0 Å². The van der Waals surface area contributed by atoms with Crippen LogP contribution in [0.25, 0.3) is 22.6 Å². The molecule has 0 saturated heterocycles. The molecule has 4 aromatic rings. The Hall–Kier alpha value is -3.68. The summed E-state index contributed by atoms with van der Waals surface area (Å²) in [6.07, 6.45) is 3.22. The molecular weight excluding hydrogens is 346 g/mol. The second-order valence-corrected chi connectivity index (χ2v) is 5.78. The average Bonchev–Trinajstić information content (AvgIpc) is 3.47. The highest BCUT2D eigenvalue weighted by atomic mass is 16.5. The molecule has 0 spiro atoms. The van der Waals surface area contributed by atoms with Crippen LogP contribution >= 0.6 is 0 Å². The maximum atomic E-state index is 11.9. The normalized spacial score (nSPS) is 10.9. The molecule has 0 aliphatic rings. The number of rotatable bonds is 6. The molecule has 0 aliphatic heterocycles. The van der Waals surface area contributed by atoms with E-state index in [1.807, 2.05) is 41.9 Å². The van der Waals surface area contributed by atoms with Crippen LogP contribution in [0, 0.1) is 0 Å². The van der Waals surface area contributed by atoms with E-state index in [1.165, 1.54) is 6.26 Å². The van der Waals surface area contributed by atoms with Crippen molar-refractivity contribution >= 4 is 5.91 Å². The van der Waals surface area contributed by atoms with Crippen molar-refractivity contribution in [2.45, 2.75) is 20.0 Å². The highest BCUT2D eigenvalue weighted by molar-refractivity contribution is 5.91. The highest BCUT2D eigenvalue weighted by Gasteiger charge is 2.13. The van der Waals surface area contributed by atoms with Crippen LogP contribution in [0.3, 0.4) is 0 Å². The Morgan fingerprint density at radius 3 is 2.89 bits per heavy atom. The lowest BCUT2D eigenvalue weighted by Gasteiger charge is -2.05. The number of aryl methyl sites for hydroxylation is 1. The summed E-state index contributed by atoms with van der Waals surface area (Å²) < 4.78 is 12.2. The maximum Gasteiger partial charge on any atom is 0.287 e. The minimum atomic E-state index is -0.338. The smallest absolute Gasteiger partial charge is 0.287 e. The summed E-state index contributed by atoms with van der Waals surface area (Å²) in [6.45, 7) is 2.95. The number of benzene rings is 1. The van der Waals surface area contributed by atoms with Crippen LogP contribution in [0.1, 0.15) is 23.4 Å². The first-order chi connectivity index (χ1) is 13.2. The van der Waals surface area contributed by atoms with E-state index in [4.69, 9.17) is 8.94 Å². The van der Waals surface area contributed by atoms with E-state index >= 15 is 0 Å². The zero-order chi connectivity index (χ0) is 18.6. The predicted molar refractivity (Wildman–Crippen MR) is 96.5 cm³/mol. The quantitative estimate of drug-likeness (QED) is 0.565. The van der Waals surface area contributed by atoms with Crippen LogP contribution in [-0.4, -0.2) is 25.8 Å². The van der Waals surface area contributed by atoms with Crippen LogP contribution < -0.4 is 5.32 Å². The minimum absolute atomic E-state index is 0.120. The van der Waals surface area contributed by atoms with Crippen LogP contribution in [0.15, 0.2) is 63.9 Å². The van der Waals surface area contributed by atoms with Gasteiger partial charge >= 0.3 is 0 Å². The zero-order valence-electron chi connectivity index (χ0n) is 14.6. The third-order valence-corrected chi connectivity index (χ3v) is 4.05. The summed E-state index contributed by atoms with van der Waals surface area (Å²) >= 11 is 0. The molecule has 0 fully saturated rings. The lowest BCUT2D eigenvalue weighted by molar-refractivity contribution is 0.0918. The van der Waals surface area contributed by atoms with Gasteiger partial charge in [-0.15, -0.1) is 0 Å². The molecule has 4 rings (SSSR count). The molecule has 3 heterocycles. The third-order valence-electron chi connectivity index (χ3n) is 4.05. The second-order valence-electron chi connectivity index (χ2n) is 5.78. The fourth-order valence-electron chi connectivity index (χ4n) is 2.74. The second kappa shape index (κ2) is 7.28. The van der Waals surface area contributed by atoms with Crippen LogP contribution in [-0.2, 0) is 13.1 Å². The molecule has 0 atom stereocenters. The van der Waals surface area contributed by atoms with Gasteiger partial charge in [-0.3, -0.25) is 9.48 Å². The fraction of sp³-hybridized carbons (Fsp3) is 0.158. The Labute approximate surface area is 154 Å². The van der Waals surface area contributed by atoms with Crippen molar-refractivity contribution in [2.75, 3.05) is 0 Å². The molecule has 1 amide bonds. The Bertz CT molecular complexity index is 1050. The van der Waals surface area contributed by atoms with Gasteiger partial charge in [0.1, 0.15) is 0 Å². The van der Waals surface area contributed by atoms with Crippen LogP contribution in [0.4, 0.5) is 0 Å². The summed E-state index contributed by atoms with van der Waals surface area (Å²) in [5.41, 5.74) is 2.86. The first kappa shape index (κ1) is 16.8. The van der Waals surface area contributed by atoms with Gasteiger partial charge < -0.3 is 14.3 Å². The number of amides is 1. The number of hydrogen-bond donors (Lipinski definition) is 1. The molecular formula is C19H17N5O3. The fourth-order valence-corrected chi connectivity index (χ4v) is 2.74. The van der Waals surface area contributed by atoms with E-state index in [2.05, 4.69) is 20.6 Å². The van der Waals surface area contributed by atoms with Crippen molar-refractivity contribution in [1.82, 2.24) is 25.2 Å². The molecule has 8 nitrogen and oxygen atoms in total. The number of nitrogens with zero attached hydrogens (tertiary/aromatic N) is 4. The number of carbonyl (C=O) groups excluding carboxylic acids is 1. The first-order valence-corrected chi connectivity index (χ1v) is 8.51. The van der Waals surface area contributed by atoms with Crippen molar-refractivity contribution in [3.63, 3.8) is 0 Å². The van der Waals surface area contributed by atoms with Crippen molar-refractivity contribution in [3.8, 4) is 22.6 Å². The average molecular weight is 363 g/mol. The Morgan fingerprint density at radius 2 is 2.07 bits per heavy atom. The SMILES string of the molecule is CCn1nccc1-c1cccc(-c2noc(CNC(=O)c3ccco3)n2)c1. The number of furan rings is 1. The molecule has 136 valence electrons. The lowest BCUT2D eigenvalue weighted by atomic mass is 10.1. The van der Waals surface area contributed by atoms with E-state index in [9.17, 15) is 4.79 Å². The van der Waals surface area contributed by atoms with E-state index in [0.29, 0.717) is 11.7 Å². The summed E-state index contributed by atoms with van der Waals surface area (Å²) in [5.74, 6) is 0.667. The molecule has 0 saturated carbocycles. The van der Waals surface area contributed by atoms with E-state index in [0.717, 1.165) is 23.4 Å². The van der Waals surface area contributed by atoms with E-state index < -0.39 is 0 Å². The number of carbonyl (C=O) groups is 1. The number of nitrogens with one attached hydrogen (secondary N) is 1. The summed E-state index contributed by atoms with van der Waals surface area (Å²) in [4.78, 5) is 16.2. The Morgan fingerprint density at radius 1 is 1.19 bits per heavy atom. The Kier molecular flexibility index (Phi) is 4.52. The van der Waals surface area contributed by atoms with Gasteiger partial charge in [0.25, 0.3) is 5.91 Å². The largest absolute Gasteiger partial charge is 0.459 e. The van der Waals surface area contributed by atoms with Gasteiger partial charge in [0, 0.05) is 23.9 Å². The number of hydrogen-bond acceptors (Lipinski definition) is 6. The van der Waals surface area contributed by atoms with Gasteiger partial charge in [-0.25, -0.2) is 0 Å². The molecule has 1 aromatic carbocycles. The molecule has 8 heteroatoms. The van der Waals surface area contributed by atoms with Crippen LogP contribution in [0.2, 0.25) is 0 Å². The van der Waals surface area contributed by atoms with Crippen molar-refractivity contribution < 1.29 is 13.7 Å². The molecule has 1 N–H and O–H groups in total. The first-order valence-electron chi connectivity index (χ1n) is 8.51. The number of aromatic nitrogens is 4. The molecule has 3 aromatic heterocycles. The van der Waals surface area contributed by atoms with Crippen LogP contribution in [0.5, 0.6) is 0 Å².